The lowest BCUT2D eigenvalue weighted by molar-refractivity contribution is 0.314. The highest BCUT2D eigenvalue weighted by Crippen LogP contribution is 2.30. The number of aromatic nitrogens is 1. The van der Waals surface area contributed by atoms with Crippen molar-refractivity contribution in [1.29, 1.82) is 0 Å². The average Bonchev–Trinajstić information content (AvgIpc) is 2.72. The van der Waals surface area contributed by atoms with Gasteiger partial charge in [-0.05, 0) is 12.8 Å². The molecule has 3 heteroatoms. The molecular formula is C16H28N2S. The lowest BCUT2D eigenvalue weighted by Crippen LogP contribution is -2.42. The number of hydrogen-bond donors (Lipinski definition) is 1. The molecule has 0 amide bonds. The first-order chi connectivity index (χ1) is 8.89. The highest BCUT2D eigenvalue weighted by molar-refractivity contribution is 7.09. The van der Waals surface area contributed by atoms with Crippen LogP contribution in [0.3, 0.4) is 0 Å². The molecule has 0 spiro atoms. The molecule has 1 fully saturated rings. The molecule has 0 radical (unpaired) electrons. The molecule has 1 saturated carbocycles. The summed E-state index contributed by atoms with van der Waals surface area (Å²) in [5.74, 6) is 0. The zero-order chi connectivity index (χ0) is 13.9. The molecule has 1 aliphatic carbocycles. The van der Waals surface area contributed by atoms with E-state index in [-0.39, 0.29) is 11.0 Å². The summed E-state index contributed by atoms with van der Waals surface area (Å²) in [6.07, 6.45) is 9.96. The van der Waals surface area contributed by atoms with Crippen LogP contribution in [0.4, 0.5) is 0 Å². The second-order valence-electron chi connectivity index (χ2n) is 7.18. The first-order valence-corrected chi connectivity index (χ1v) is 8.51. The topological polar surface area (TPSA) is 38.9 Å². The molecule has 2 rings (SSSR count). The molecule has 2 nitrogen and oxygen atoms in total. The molecule has 0 bridgehead atoms. The van der Waals surface area contributed by atoms with E-state index >= 15 is 0 Å². The summed E-state index contributed by atoms with van der Waals surface area (Å²) < 4.78 is 0. The van der Waals surface area contributed by atoms with E-state index in [1.807, 2.05) is 0 Å². The molecule has 0 aliphatic heterocycles. The molecule has 1 aliphatic rings. The molecule has 0 saturated heterocycles. The highest BCUT2D eigenvalue weighted by atomic mass is 32.1. The van der Waals surface area contributed by atoms with E-state index in [9.17, 15) is 0 Å². The van der Waals surface area contributed by atoms with Crippen molar-refractivity contribution in [2.75, 3.05) is 0 Å². The van der Waals surface area contributed by atoms with Crippen LogP contribution in [0.25, 0.3) is 0 Å². The summed E-state index contributed by atoms with van der Waals surface area (Å²) in [6, 6.07) is 0. The van der Waals surface area contributed by atoms with Crippen LogP contribution < -0.4 is 5.73 Å². The predicted molar refractivity (Wildman–Crippen MR) is 83.8 cm³/mol. The zero-order valence-corrected chi connectivity index (χ0v) is 13.5. The van der Waals surface area contributed by atoms with Gasteiger partial charge in [0, 0.05) is 22.8 Å². The number of nitrogens with zero attached hydrogens (tertiary/aromatic N) is 1. The van der Waals surface area contributed by atoms with Gasteiger partial charge in [0.15, 0.2) is 0 Å². The second-order valence-corrected chi connectivity index (χ2v) is 8.13. The monoisotopic (exact) mass is 280 g/mol. The predicted octanol–water partition coefficient (Wildman–Crippen LogP) is 4.42. The zero-order valence-electron chi connectivity index (χ0n) is 12.7. The van der Waals surface area contributed by atoms with Crippen molar-refractivity contribution in [1.82, 2.24) is 4.98 Å². The third kappa shape index (κ3) is 4.28. The minimum atomic E-state index is -0.00652. The Labute approximate surface area is 121 Å². The Kier molecular flexibility index (Phi) is 4.67. The Morgan fingerprint density at radius 1 is 1.16 bits per heavy atom. The Morgan fingerprint density at radius 2 is 1.74 bits per heavy atom. The molecule has 1 aromatic rings. The summed E-state index contributed by atoms with van der Waals surface area (Å²) in [7, 11) is 0. The molecule has 1 aromatic heterocycles. The van der Waals surface area contributed by atoms with Gasteiger partial charge in [0.25, 0.3) is 0 Å². The summed E-state index contributed by atoms with van der Waals surface area (Å²) in [5, 5.41) is 3.44. The molecule has 2 N–H and O–H groups in total. The fourth-order valence-electron chi connectivity index (χ4n) is 2.82. The van der Waals surface area contributed by atoms with Crippen molar-refractivity contribution < 1.29 is 0 Å². The van der Waals surface area contributed by atoms with Crippen molar-refractivity contribution in [2.24, 2.45) is 5.73 Å². The standard InChI is InChI=1S/C16H28N2S/c1-15(2,3)13-12-19-14(18-13)11-16(17)9-7-5-4-6-8-10-16/h12H,4-11,17H2,1-3H3. The van der Waals surface area contributed by atoms with Crippen LogP contribution in [0.1, 0.15) is 76.4 Å². The fourth-order valence-corrected chi connectivity index (χ4v) is 4.00. The minimum absolute atomic E-state index is 0.00652. The third-order valence-corrected chi connectivity index (χ3v) is 5.02. The van der Waals surface area contributed by atoms with Gasteiger partial charge in [-0.1, -0.05) is 52.9 Å². The molecule has 0 atom stereocenters. The highest BCUT2D eigenvalue weighted by Gasteiger charge is 2.28. The summed E-state index contributed by atoms with van der Waals surface area (Å²) >= 11 is 1.79. The van der Waals surface area contributed by atoms with Crippen molar-refractivity contribution >= 4 is 11.3 Å². The van der Waals surface area contributed by atoms with Crippen LogP contribution in [0.2, 0.25) is 0 Å². The number of thiazole rings is 1. The van der Waals surface area contributed by atoms with Crippen LogP contribution in [0, 0.1) is 0 Å². The molecule has 1 heterocycles. The summed E-state index contributed by atoms with van der Waals surface area (Å²) in [4.78, 5) is 4.81. The first-order valence-electron chi connectivity index (χ1n) is 7.63. The van der Waals surface area contributed by atoms with E-state index in [0.717, 1.165) is 19.3 Å². The third-order valence-electron chi connectivity index (χ3n) is 4.17. The second kappa shape index (κ2) is 5.92. The molecule has 19 heavy (non-hydrogen) atoms. The fraction of sp³-hybridized carbons (Fsp3) is 0.812. The minimum Gasteiger partial charge on any atom is -0.325 e. The van der Waals surface area contributed by atoms with Gasteiger partial charge in [-0.2, -0.15) is 0 Å². The molecule has 108 valence electrons. The van der Waals surface area contributed by atoms with Crippen molar-refractivity contribution in [3.05, 3.63) is 16.1 Å². The van der Waals surface area contributed by atoms with Gasteiger partial charge in [-0.3, -0.25) is 0 Å². The van der Waals surface area contributed by atoms with E-state index in [1.165, 1.54) is 42.8 Å². The van der Waals surface area contributed by atoms with Crippen molar-refractivity contribution in [3.8, 4) is 0 Å². The van der Waals surface area contributed by atoms with Crippen LogP contribution in [-0.4, -0.2) is 10.5 Å². The van der Waals surface area contributed by atoms with Crippen molar-refractivity contribution in [3.63, 3.8) is 0 Å². The molecule has 0 unspecified atom stereocenters. The van der Waals surface area contributed by atoms with Gasteiger partial charge >= 0.3 is 0 Å². The van der Waals surface area contributed by atoms with E-state index < -0.39 is 0 Å². The normalized spacial score (nSPS) is 20.8. The Bertz CT molecular complexity index is 395. The van der Waals surface area contributed by atoms with E-state index in [4.69, 9.17) is 10.7 Å². The van der Waals surface area contributed by atoms with Gasteiger partial charge in [0.05, 0.1) is 10.7 Å². The van der Waals surface area contributed by atoms with Gasteiger partial charge in [-0.15, -0.1) is 11.3 Å². The van der Waals surface area contributed by atoms with Gasteiger partial charge in [0.2, 0.25) is 0 Å². The van der Waals surface area contributed by atoms with Gasteiger partial charge in [0.1, 0.15) is 0 Å². The van der Waals surface area contributed by atoms with E-state index in [1.54, 1.807) is 11.3 Å². The SMILES string of the molecule is CC(C)(C)c1csc(CC2(N)CCCCCCC2)n1. The molecule has 0 aromatic carbocycles. The largest absolute Gasteiger partial charge is 0.325 e. The maximum absolute atomic E-state index is 6.65. The quantitative estimate of drug-likeness (QED) is 0.870. The Balaban J connectivity index is 2.04. The van der Waals surface area contributed by atoms with Gasteiger partial charge < -0.3 is 5.73 Å². The Morgan fingerprint density at radius 3 is 2.26 bits per heavy atom. The van der Waals surface area contributed by atoms with Gasteiger partial charge in [-0.25, -0.2) is 4.98 Å². The number of hydrogen-bond acceptors (Lipinski definition) is 3. The maximum atomic E-state index is 6.65. The first kappa shape index (κ1) is 15.0. The maximum Gasteiger partial charge on any atom is 0.0946 e. The number of nitrogens with two attached hydrogens (primary N) is 1. The molecular weight excluding hydrogens is 252 g/mol. The lowest BCUT2D eigenvalue weighted by atomic mass is 9.82. The summed E-state index contributed by atoms with van der Waals surface area (Å²) in [6.45, 7) is 6.67. The van der Waals surface area contributed by atoms with Crippen LogP contribution >= 0.6 is 11.3 Å². The van der Waals surface area contributed by atoms with E-state index in [0.29, 0.717) is 0 Å². The smallest absolute Gasteiger partial charge is 0.0946 e. The summed E-state index contributed by atoms with van der Waals surface area (Å²) in [5.41, 5.74) is 8.00. The number of rotatable bonds is 2. The van der Waals surface area contributed by atoms with Crippen LogP contribution in [0.5, 0.6) is 0 Å². The van der Waals surface area contributed by atoms with Crippen molar-refractivity contribution in [2.45, 2.75) is 83.1 Å². The van der Waals surface area contributed by atoms with Crippen LogP contribution in [-0.2, 0) is 11.8 Å². The van der Waals surface area contributed by atoms with E-state index in [2.05, 4.69) is 26.2 Å². The lowest BCUT2D eigenvalue weighted by Gasteiger charge is -2.30. The average molecular weight is 280 g/mol. The Hall–Kier alpha value is -0.410. The van der Waals surface area contributed by atoms with Crippen LogP contribution in [0.15, 0.2) is 5.38 Å².